The Morgan fingerprint density at radius 1 is 1.16 bits per heavy atom. The van der Waals surface area contributed by atoms with Crippen LogP contribution in [-0.2, 0) is 29.5 Å². The molecule has 0 spiro atoms. The van der Waals surface area contributed by atoms with Crippen molar-refractivity contribution in [3.63, 3.8) is 0 Å². The molecule has 2 aliphatic carbocycles. The fourth-order valence-electron chi connectivity index (χ4n) is 6.67. The molecule has 37 heavy (non-hydrogen) atoms. The van der Waals surface area contributed by atoms with Crippen molar-refractivity contribution in [2.24, 2.45) is 11.3 Å². The van der Waals surface area contributed by atoms with Crippen LogP contribution in [0, 0.1) is 11.3 Å². The first kappa shape index (κ1) is 26.2. The molecule has 202 valence electrons. The van der Waals surface area contributed by atoms with Crippen molar-refractivity contribution in [3.05, 3.63) is 53.2 Å². The van der Waals surface area contributed by atoms with Crippen molar-refractivity contribution in [1.29, 1.82) is 0 Å². The van der Waals surface area contributed by atoms with Crippen LogP contribution in [0.2, 0.25) is 0 Å². The molecule has 2 aromatic rings. The average molecular weight is 520 g/mol. The lowest BCUT2D eigenvalue weighted by atomic mass is 9.73. The molecule has 2 atom stereocenters. The maximum absolute atomic E-state index is 13.9. The Morgan fingerprint density at radius 3 is 2.54 bits per heavy atom. The molecule has 5 rings (SSSR count). The van der Waals surface area contributed by atoms with E-state index in [1.54, 1.807) is 17.2 Å². The van der Waals surface area contributed by atoms with Crippen LogP contribution in [-0.4, -0.2) is 39.5 Å². The summed E-state index contributed by atoms with van der Waals surface area (Å²) in [4.78, 5) is 19.9. The van der Waals surface area contributed by atoms with Gasteiger partial charge in [-0.3, -0.25) is 4.79 Å². The largest absolute Gasteiger partial charge is 0.446 e. The number of fused-ring (bicyclic) bond motifs is 1. The first-order valence-electron chi connectivity index (χ1n) is 13.4. The Bertz CT molecular complexity index is 1110. The lowest BCUT2D eigenvalue weighted by Gasteiger charge is -2.40. The third-order valence-corrected chi connectivity index (χ3v) is 9.03. The smallest absolute Gasteiger partial charge is 0.416 e. The Morgan fingerprint density at radius 2 is 1.89 bits per heavy atom. The van der Waals surface area contributed by atoms with Crippen molar-refractivity contribution >= 4 is 5.91 Å². The summed E-state index contributed by atoms with van der Waals surface area (Å²) in [5.74, 6) is 0.564. The standard InChI is InChI=1S/C28H36F3N3O3/c1-18(2)26(25(35)34-13-8-19-3-4-21(28(29,30)31)15-20(19)17-34)9-5-23(16-26)33-22-6-10-27(36,11-7-22)24-32-12-14-37-24/h3-4,12,14-15,18,22-23,33,36H,5-11,13,16-17H2,1-2H3/t22?,23-,26+,27?/m1/s1. The van der Waals surface area contributed by atoms with Gasteiger partial charge in [-0.15, -0.1) is 0 Å². The van der Waals surface area contributed by atoms with Crippen LogP contribution in [0.3, 0.4) is 0 Å². The Labute approximate surface area is 215 Å². The first-order chi connectivity index (χ1) is 17.5. The van der Waals surface area contributed by atoms with Crippen LogP contribution in [0.4, 0.5) is 13.2 Å². The molecular weight excluding hydrogens is 483 g/mol. The van der Waals surface area contributed by atoms with Crippen LogP contribution >= 0.6 is 0 Å². The van der Waals surface area contributed by atoms with Gasteiger partial charge < -0.3 is 19.7 Å². The Kier molecular flexibility index (Phi) is 6.90. The Balaban J connectivity index is 1.23. The number of hydrogen-bond acceptors (Lipinski definition) is 5. The molecular formula is C28H36F3N3O3. The van der Waals surface area contributed by atoms with Crippen LogP contribution in [0.5, 0.6) is 0 Å². The van der Waals surface area contributed by atoms with E-state index < -0.39 is 22.8 Å². The van der Waals surface area contributed by atoms with Crippen LogP contribution < -0.4 is 5.32 Å². The molecule has 0 radical (unpaired) electrons. The summed E-state index contributed by atoms with van der Waals surface area (Å²) in [6.45, 7) is 4.92. The number of nitrogens with zero attached hydrogens (tertiary/aromatic N) is 2. The van der Waals surface area contributed by atoms with Gasteiger partial charge in [-0.2, -0.15) is 13.2 Å². The zero-order chi connectivity index (χ0) is 26.4. The van der Waals surface area contributed by atoms with Gasteiger partial charge in [-0.1, -0.05) is 19.9 Å². The number of oxazole rings is 1. The molecule has 2 N–H and O–H groups in total. The third-order valence-electron chi connectivity index (χ3n) is 9.03. The van der Waals surface area contributed by atoms with E-state index in [9.17, 15) is 23.1 Å². The molecule has 9 heteroatoms. The van der Waals surface area contributed by atoms with Gasteiger partial charge in [-0.25, -0.2) is 4.98 Å². The van der Waals surface area contributed by atoms with Gasteiger partial charge in [0.25, 0.3) is 0 Å². The third kappa shape index (κ3) is 5.04. The summed E-state index contributed by atoms with van der Waals surface area (Å²) in [5.41, 5.74) is -0.715. The van der Waals surface area contributed by atoms with Gasteiger partial charge in [0.1, 0.15) is 11.9 Å². The van der Waals surface area contributed by atoms with Gasteiger partial charge in [0.05, 0.1) is 17.2 Å². The molecule has 3 aliphatic rings. The maximum Gasteiger partial charge on any atom is 0.416 e. The number of halogens is 3. The number of carbonyl (C=O) groups is 1. The van der Waals surface area contributed by atoms with Crippen molar-refractivity contribution in [3.8, 4) is 0 Å². The lowest BCUT2D eigenvalue weighted by Crippen LogP contribution is -2.49. The average Bonchev–Trinajstić information content (AvgIpc) is 3.56. The first-order valence-corrected chi connectivity index (χ1v) is 13.4. The minimum absolute atomic E-state index is 0.0665. The van der Waals surface area contributed by atoms with E-state index >= 15 is 0 Å². The predicted octanol–water partition coefficient (Wildman–Crippen LogP) is 5.19. The fraction of sp³-hybridized carbons (Fsp3) is 0.643. The monoisotopic (exact) mass is 519 g/mol. The van der Waals surface area contributed by atoms with E-state index in [4.69, 9.17) is 4.42 Å². The van der Waals surface area contributed by atoms with E-state index in [-0.39, 0.29) is 30.5 Å². The second-order valence-corrected chi connectivity index (χ2v) is 11.5. The molecule has 2 fully saturated rings. The molecule has 6 nitrogen and oxygen atoms in total. The summed E-state index contributed by atoms with van der Waals surface area (Å²) in [7, 11) is 0. The number of nitrogens with one attached hydrogen (secondary N) is 1. The van der Waals surface area contributed by atoms with E-state index in [0.29, 0.717) is 37.3 Å². The second kappa shape index (κ2) is 9.73. The van der Waals surface area contributed by atoms with E-state index in [0.717, 1.165) is 43.7 Å². The molecule has 0 saturated heterocycles. The van der Waals surface area contributed by atoms with Crippen molar-refractivity contribution in [1.82, 2.24) is 15.2 Å². The SMILES string of the molecule is CC(C)[C@]1(C(=O)N2CCc3ccc(C(F)(F)F)cc3C2)CC[C@@H](NC2CCC(O)(c3ncco3)CC2)C1. The van der Waals surface area contributed by atoms with E-state index in [2.05, 4.69) is 24.1 Å². The fourth-order valence-corrected chi connectivity index (χ4v) is 6.67. The molecule has 0 unspecified atom stereocenters. The van der Waals surface area contributed by atoms with Gasteiger partial charge in [0.15, 0.2) is 0 Å². The van der Waals surface area contributed by atoms with E-state index in [1.807, 2.05) is 0 Å². The second-order valence-electron chi connectivity index (χ2n) is 11.5. The highest BCUT2D eigenvalue weighted by Gasteiger charge is 2.50. The quantitative estimate of drug-likeness (QED) is 0.568. The molecule has 2 saturated carbocycles. The normalized spacial score (nSPS) is 30.5. The number of aromatic nitrogens is 1. The number of alkyl halides is 3. The highest BCUT2D eigenvalue weighted by molar-refractivity contribution is 5.84. The predicted molar refractivity (Wildman–Crippen MR) is 131 cm³/mol. The lowest BCUT2D eigenvalue weighted by molar-refractivity contribution is -0.145. The number of carbonyl (C=O) groups excluding carboxylic acids is 1. The summed E-state index contributed by atoms with van der Waals surface area (Å²) in [5, 5.41) is 14.7. The zero-order valence-corrected chi connectivity index (χ0v) is 21.5. The molecule has 2 heterocycles. The summed E-state index contributed by atoms with van der Waals surface area (Å²) >= 11 is 0. The van der Waals surface area contributed by atoms with Gasteiger partial charge >= 0.3 is 6.18 Å². The maximum atomic E-state index is 13.9. The van der Waals surface area contributed by atoms with Gasteiger partial charge in [-0.05, 0) is 80.5 Å². The van der Waals surface area contributed by atoms with Crippen molar-refractivity contribution in [2.45, 2.75) is 95.6 Å². The molecule has 1 aromatic carbocycles. The van der Waals surface area contributed by atoms with Crippen LogP contribution in [0.25, 0.3) is 0 Å². The van der Waals surface area contributed by atoms with E-state index in [1.165, 1.54) is 12.3 Å². The minimum Gasteiger partial charge on any atom is -0.446 e. The Hall–Kier alpha value is -2.39. The van der Waals surface area contributed by atoms with Crippen LogP contribution in [0.1, 0.15) is 81.4 Å². The topological polar surface area (TPSA) is 78.6 Å². The molecule has 1 aromatic heterocycles. The minimum atomic E-state index is -4.39. The van der Waals surface area contributed by atoms with Crippen LogP contribution in [0.15, 0.2) is 35.1 Å². The number of benzene rings is 1. The highest BCUT2D eigenvalue weighted by Crippen LogP contribution is 2.47. The molecule has 0 bridgehead atoms. The number of hydrogen-bond donors (Lipinski definition) is 2. The van der Waals surface area contributed by atoms with Gasteiger partial charge in [0, 0.05) is 25.2 Å². The van der Waals surface area contributed by atoms with Gasteiger partial charge in [0.2, 0.25) is 11.8 Å². The molecule has 1 amide bonds. The zero-order valence-electron chi connectivity index (χ0n) is 21.5. The summed E-state index contributed by atoms with van der Waals surface area (Å²) < 4.78 is 45.1. The number of aliphatic hydroxyl groups is 1. The summed E-state index contributed by atoms with van der Waals surface area (Å²) in [6.07, 6.45) is 4.30. The number of amides is 1. The van der Waals surface area contributed by atoms with Crippen molar-refractivity contribution in [2.75, 3.05) is 6.54 Å². The highest BCUT2D eigenvalue weighted by atomic mass is 19.4. The summed E-state index contributed by atoms with van der Waals surface area (Å²) in [6, 6.07) is 4.34. The number of rotatable bonds is 5. The van der Waals surface area contributed by atoms with Crippen molar-refractivity contribution < 1.29 is 27.5 Å². The molecule has 1 aliphatic heterocycles.